The third kappa shape index (κ3) is 3.00. The Morgan fingerprint density at radius 1 is 1.18 bits per heavy atom. The Kier molecular flexibility index (Phi) is 4.18. The lowest BCUT2D eigenvalue weighted by Gasteiger charge is -2.38. The van der Waals surface area contributed by atoms with Crippen LogP contribution in [-0.2, 0) is 5.60 Å². The first kappa shape index (κ1) is 15.1. The highest BCUT2D eigenvalue weighted by atomic mass is 35.5. The lowest BCUT2D eigenvalue weighted by molar-refractivity contribution is 0.0115. The lowest BCUT2D eigenvalue weighted by Crippen LogP contribution is -2.43. The number of nitrogens with zero attached hydrogens (tertiary/aromatic N) is 3. The smallest absolute Gasteiger partial charge is 0.228 e. The fourth-order valence-electron chi connectivity index (χ4n) is 2.72. The van der Waals surface area contributed by atoms with Crippen LogP contribution in [0.15, 0.2) is 36.5 Å². The molecule has 1 aliphatic heterocycles. The van der Waals surface area contributed by atoms with Gasteiger partial charge in [0.1, 0.15) is 0 Å². The van der Waals surface area contributed by atoms with Crippen molar-refractivity contribution in [3.05, 3.63) is 47.1 Å². The van der Waals surface area contributed by atoms with Gasteiger partial charge in [-0.2, -0.15) is 4.98 Å². The lowest BCUT2D eigenvalue weighted by atomic mass is 9.84. The quantitative estimate of drug-likeness (QED) is 0.942. The van der Waals surface area contributed by atoms with Crippen molar-refractivity contribution in [3.8, 4) is 5.88 Å². The minimum Gasteiger partial charge on any atom is -0.481 e. The Morgan fingerprint density at radius 3 is 2.50 bits per heavy atom. The Labute approximate surface area is 134 Å². The van der Waals surface area contributed by atoms with E-state index >= 15 is 0 Å². The number of hydrogen-bond acceptors (Lipinski definition) is 5. The van der Waals surface area contributed by atoms with Gasteiger partial charge in [-0.1, -0.05) is 23.7 Å². The highest BCUT2D eigenvalue weighted by Gasteiger charge is 2.34. The van der Waals surface area contributed by atoms with E-state index in [2.05, 4.69) is 14.9 Å². The molecule has 0 bridgehead atoms. The summed E-state index contributed by atoms with van der Waals surface area (Å²) in [5, 5.41) is 11.5. The van der Waals surface area contributed by atoms with E-state index in [9.17, 15) is 5.11 Å². The van der Waals surface area contributed by atoms with Crippen LogP contribution in [0.3, 0.4) is 0 Å². The standard InChI is InChI=1S/C16H18ClN3O2/c1-22-14-6-9-18-15(19-14)20-10-7-16(21,8-11-20)12-2-4-13(17)5-3-12/h2-6,9,21H,7-8,10-11H2,1H3. The predicted molar refractivity (Wildman–Crippen MR) is 85.4 cm³/mol. The van der Waals surface area contributed by atoms with E-state index < -0.39 is 5.60 Å². The molecule has 1 aliphatic rings. The maximum atomic E-state index is 10.9. The number of ether oxygens (including phenoxy) is 1. The van der Waals surface area contributed by atoms with E-state index in [4.69, 9.17) is 16.3 Å². The normalized spacial score (nSPS) is 17.3. The van der Waals surface area contributed by atoms with Gasteiger partial charge in [0, 0.05) is 30.4 Å². The molecule has 0 atom stereocenters. The van der Waals surface area contributed by atoms with Crippen LogP contribution >= 0.6 is 11.6 Å². The molecule has 1 saturated heterocycles. The molecule has 6 heteroatoms. The second-order valence-electron chi connectivity index (χ2n) is 5.42. The molecule has 0 radical (unpaired) electrons. The predicted octanol–water partition coefficient (Wildman–Crippen LogP) is 2.63. The van der Waals surface area contributed by atoms with Crippen LogP contribution in [0.25, 0.3) is 0 Å². The first-order chi connectivity index (χ1) is 10.6. The largest absolute Gasteiger partial charge is 0.481 e. The van der Waals surface area contributed by atoms with E-state index in [1.54, 1.807) is 19.4 Å². The van der Waals surface area contributed by atoms with Crippen molar-refractivity contribution in [1.29, 1.82) is 0 Å². The van der Waals surface area contributed by atoms with E-state index in [-0.39, 0.29) is 0 Å². The van der Waals surface area contributed by atoms with Crippen molar-refractivity contribution in [2.75, 3.05) is 25.1 Å². The number of rotatable bonds is 3. The van der Waals surface area contributed by atoms with Crippen LogP contribution in [0, 0.1) is 0 Å². The van der Waals surface area contributed by atoms with Gasteiger partial charge in [0.2, 0.25) is 11.8 Å². The summed E-state index contributed by atoms with van der Waals surface area (Å²) in [4.78, 5) is 10.7. The van der Waals surface area contributed by atoms with Crippen molar-refractivity contribution in [2.45, 2.75) is 18.4 Å². The van der Waals surface area contributed by atoms with E-state index in [1.807, 2.05) is 24.3 Å². The van der Waals surface area contributed by atoms with Gasteiger partial charge in [-0.05, 0) is 30.5 Å². The third-order valence-electron chi connectivity index (χ3n) is 4.08. The fourth-order valence-corrected chi connectivity index (χ4v) is 2.85. The first-order valence-corrected chi connectivity index (χ1v) is 7.59. The van der Waals surface area contributed by atoms with Crippen LogP contribution in [0.2, 0.25) is 5.02 Å². The van der Waals surface area contributed by atoms with Crippen molar-refractivity contribution in [1.82, 2.24) is 9.97 Å². The first-order valence-electron chi connectivity index (χ1n) is 7.21. The minimum absolute atomic E-state index is 0.545. The van der Waals surface area contributed by atoms with Gasteiger partial charge in [-0.25, -0.2) is 4.98 Å². The molecule has 1 fully saturated rings. The van der Waals surface area contributed by atoms with Crippen molar-refractivity contribution in [3.63, 3.8) is 0 Å². The molecule has 5 nitrogen and oxygen atoms in total. The average molecular weight is 320 g/mol. The summed E-state index contributed by atoms with van der Waals surface area (Å²) >= 11 is 5.91. The van der Waals surface area contributed by atoms with Crippen LogP contribution in [0.1, 0.15) is 18.4 Å². The second kappa shape index (κ2) is 6.10. The molecule has 0 amide bonds. The minimum atomic E-state index is -0.819. The molecule has 1 aromatic heterocycles. The number of aromatic nitrogens is 2. The monoisotopic (exact) mass is 319 g/mol. The summed E-state index contributed by atoms with van der Waals surface area (Å²) in [5.74, 6) is 1.18. The molecule has 3 rings (SSSR count). The van der Waals surface area contributed by atoms with Gasteiger partial charge in [0.15, 0.2) is 0 Å². The summed E-state index contributed by atoms with van der Waals surface area (Å²) in [6.07, 6.45) is 2.92. The number of piperidine rings is 1. The summed E-state index contributed by atoms with van der Waals surface area (Å²) in [6, 6.07) is 9.12. The Bertz CT molecular complexity index is 640. The molecular formula is C16H18ClN3O2. The molecule has 22 heavy (non-hydrogen) atoms. The highest BCUT2D eigenvalue weighted by molar-refractivity contribution is 6.30. The van der Waals surface area contributed by atoms with Crippen molar-refractivity contribution in [2.24, 2.45) is 0 Å². The molecule has 2 aromatic rings. The van der Waals surface area contributed by atoms with Gasteiger partial charge in [-0.3, -0.25) is 0 Å². The van der Waals surface area contributed by atoms with Gasteiger partial charge in [-0.15, -0.1) is 0 Å². The number of benzene rings is 1. The Balaban J connectivity index is 1.72. The molecule has 116 valence electrons. The molecule has 0 unspecified atom stereocenters. The Hall–Kier alpha value is -1.85. The topological polar surface area (TPSA) is 58.5 Å². The number of anilines is 1. The molecule has 1 aromatic carbocycles. The summed E-state index contributed by atoms with van der Waals surface area (Å²) in [5.41, 5.74) is 0.0862. The zero-order valence-corrected chi connectivity index (χ0v) is 13.1. The Morgan fingerprint density at radius 2 is 1.86 bits per heavy atom. The summed E-state index contributed by atoms with van der Waals surface area (Å²) < 4.78 is 5.13. The maximum Gasteiger partial charge on any atom is 0.228 e. The highest BCUT2D eigenvalue weighted by Crippen LogP contribution is 2.34. The van der Waals surface area contributed by atoms with E-state index in [1.165, 1.54) is 0 Å². The molecule has 0 saturated carbocycles. The SMILES string of the molecule is COc1ccnc(N2CCC(O)(c3ccc(Cl)cc3)CC2)n1. The second-order valence-corrected chi connectivity index (χ2v) is 5.86. The molecule has 0 aliphatic carbocycles. The van der Waals surface area contributed by atoms with Gasteiger partial charge in [0.05, 0.1) is 12.7 Å². The molecule has 1 N–H and O–H groups in total. The van der Waals surface area contributed by atoms with E-state index in [0.717, 1.165) is 5.56 Å². The van der Waals surface area contributed by atoms with E-state index in [0.29, 0.717) is 42.8 Å². The van der Waals surface area contributed by atoms with Crippen LogP contribution in [-0.4, -0.2) is 35.3 Å². The summed E-state index contributed by atoms with van der Waals surface area (Å²) in [7, 11) is 1.58. The number of halogens is 1. The zero-order valence-electron chi connectivity index (χ0n) is 12.4. The number of aliphatic hydroxyl groups is 1. The number of methoxy groups -OCH3 is 1. The maximum absolute atomic E-state index is 10.9. The number of hydrogen-bond donors (Lipinski definition) is 1. The summed E-state index contributed by atoms with van der Waals surface area (Å²) in [6.45, 7) is 1.37. The third-order valence-corrected chi connectivity index (χ3v) is 4.33. The van der Waals surface area contributed by atoms with Crippen molar-refractivity contribution >= 4 is 17.5 Å². The van der Waals surface area contributed by atoms with Crippen LogP contribution in [0.5, 0.6) is 5.88 Å². The van der Waals surface area contributed by atoms with Gasteiger partial charge in [0.25, 0.3) is 0 Å². The zero-order chi connectivity index (χ0) is 15.6. The van der Waals surface area contributed by atoms with Gasteiger partial charge >= 0.3 is 0 Å². The molecule has 0 spiro atoms. The van der Waals surface area contributed by atoms with Gasteiger partial charge < -0.3 is 14.7 Å². The molecule has 2 heterocycles. The molecular weight excluding hydrogens is 302 g/mol. The van der Waals surface area contributed by atoms with Crippen LogP contribution < -0.4 is 9.64 Å². The average Bonchev–Trinajstić information content (AvgIpc) is 2.56. The fraction of sp³-hybridized carbons (Fsp3) is 0.375. The van der Waals surface area contributed by atoms with Crippen molar-refractivity contribution < 1.29 is 9.84 Å². The van der Waals surface area contributed by atoms with Crippen LogP contribution in [0.4, 0.5) is 5.95 Å².